The van der Waals surface area contributed by atoms with E-state index in [4.69, 9.17) is 9.47 Å². The Morgan fingerprint density at radius 2 is 1.82 bits per heavy atom. The van der Waals surface area contributed by atoms with Gasteiger partial charge in [-0.05, 0) is 80.8 Å². The molecule has 0 bridgehead atoms. The second-order valence-electron chi connectivity index (χ2n) is 10.1. The van der Waals surface area contributed by atoms with Gasteiger partial charge < -0.3 is 9.47 Å². The van der Waals surface area contributed by atoms with Crippen molar-refractivity contribution >= 4 is 16.0 Å². The van der Waals surface area contributed by atoms with Crippen molar-refractivity contribution in [3.63, 3.8) is 0 Å². The fourth-order valence-electron chi connectivity index (χ4n) is 4.90. The molecule has 2 unspecified atom stereocenters. The van der Waals surface area contributed by atoms with Crippen molar-refractivity contribution in [3.05, 3.63) is 94.5 Å². The third-order valence-corrected chi connectivity index (χ3v) is 8.92. The Balaban J connectivity index is 1.62. The minimum absolute atomic E-state index is 0.0431. The van der Waals surface area contributed by atoms with Gasteiger partial charge in [-0.1, -0.05) is 60.2 Å². The Morgan fingerprint density at radius 1 is 1.08 bits per heavy atom. The fourth-order valence-corrected chi connectivity index (χ4v) is 6.51. The molecule has 0 amide bonds. The lowest BCUT2D eigenvalue weighted by molar-refractivity contribution is -0.143. The molecule has 0 saturated carbocycles. The van der Waals surface area contributed by atoms with Crippen LogP contribution in [0.1, 0.15) is 60.4 Å². The van der Waals surface area contributed by atoms with Crippen molar-refractivity contribution in [1.29, 1.82) is 0 Å². The van der Waals surface area contributed by atoms with Crippen LogP contribution in [0.25, 0.3) is 0 Å². The minimum atomic E-state index is -3.74. The molecule has 2 atom stereocenters. The molecule has 4 rings (SSSR count). The van der Waals surface area contributed by atoms with Gasteiger partial charge in [-0.15, -0.1) is 0 Å². The molecule has 3 aromatic rings. The maximum absolute atomic E-state index is 13.6. The van der Waals surface area contributed by atoms with Gasteiger partial charge in [0.25, 0.3) is 0 Å². The molecule has 0 aromatic heterocycles. The van der Waals surface area contributed by atoms with E-state index in [2.05, 4.69) is 43.3 Å². The summed E-state index contributed by atoms with van der Waals surface area (Å²) in [6, 6.07) is 21.4. The highest BCUT2D eigenvalue weighted by Crippen LogP contribution is 2.33. The number of aryl methyl sites for hydroxylation is 3. The van der Waals surface area contributed by atoms with Gasteiger partial charge in [-0.25, -0.2) is 8.42 Å². The van der Waals surface area contributed by atoms with Crippen molar-refractivity contribution in [2.24, 2.45) is 0 Å². The highest BCUT2D eigenvalue weighted by molar-refractivity contribution is 7.89. The topological polar surface area (TPSA) is 72.9 Å². The number of nitrogens with zero attached hydrogens (tertiary/aromatic N) is 1. The number of benzene rings is 3. The lowest BCUT2D eigenvalue weighted by Crippen LogP contribution is -2.35. The van der Waals surface area contributed by atoms with E-state index in [1.807, 2.05) is 26.8 Å². The van der Waals surface area contributed by atoms with E-state index < -0.39 is 10.0 Å². The zero-order valence-corrected chi connectivity index (χ0v) is 23.5. The lowest BCUT2D eigenvalue weighted by Gasteiger charge is -2.24. The molecule has 0 aliphatic carbocycles. The molecule has 0 radical (unpaired) electrons. The van der Waals surface area contributed by atoms with Gasteiger partial charge >= 0.3 is 5.97 Å². The molecule has 0 saturated heterocycles. The standard InChI is InChI=1S/C31H37NO5S/c1-5-36-31(33)19-27(17-15-25-13-10-22(2)11-14-25)26-16-12-23(3)28(18-26)21-32-20-24(4)37-29-8-6-7-9-30(29)38(32,34)35/h6-14,16,18,24,27H,5,15,17,19-21H2,1-4H3. The molecular formula is C31H37NO5S. The van der Waals surface area contributed by atoms with Gasteiger partial charge in [0, 0.05) is 6.54 Å². The summed E-state index contributed by atoms with van der Waals surface area (Å²) in [6.07, 6.45) is 1.61. The molecule has 1 aliphatic heterocycles. The van der Waals surface area contributed by atoms with Crippen molar-refractivity contribution < 1.29 is 22.7 Å². The second-order valence-corrected chi connectivity index (χ2v) is 12.0. The van der Waals surface area contributed by atoms with Crippen LogP contribution in [0.3, 0.4) is 0 Å². The Hall–Kier alpha value is -3.16. The Bertz CT molecular complexity index is 1370. The van der Waals surface area contributed by atoms with Gasteiger partial charge in [0.05, 0.1) is 19.6 Å². The van der Waals surface area contributed by atoms with E-state index in [1.165, 1.54) is 15.4 Å². The fraction of sp³-hybridized carbons (Fsp3) is 0.387. The number of carbonyl (C=O) groups excluding carboxylic acids is 1. The van der Waals surface area contributed by atoms with Gasteiger partial charge in [0.2, 0.25) is 10.0 Å². The number of carbonyl (C=O) groups is 1. The van der Waals surface area contributed by atoms with Crippen LogP contribution in [0.5, 0.6) is 5.75 Å². The van der Waals surface area contributed by atoms with Gasteiger partial charge in [-0.2, -0.15) is 4.31 Å². The number of esters is 1. The lowest BCUT2D eigenvalue weighted by atomic mass is 9.87. The van der Waals surface area contributed by atoms with Crippen molar-refractivity contribution in [2.45, 2.75) is 70.4 Å². The first-order valence-electron chi connectivity index (χ1n) is 13.2. The van der Waals surface area contributed by atoms with Crippen LogP contribution in [-0.4, -0.2) is 37.9 Å². The molecule has 3 aromatic carbocycles. The summed E-state index contributed by atoms with van der Waals surface area (Å²) in [7, 11) is -3.74. The molecule has 0 N–H and O–H groups in total. The van der Waals surface area contributed by atoms with Crippen LogP contribution in [0.4, 0.5) is 0 Å². The highest BCUT2D eigenvalue weighted by Gasteiger charge is 2.33. The summed E-state index contributed by atoms with van der Waals surface area (Å²) in [5.41, 5.74) is 5.37. The molecule has 0 spiro atoms. The van der Waals surface area contributed by atoms with Crippen LogP contribution in [0.15, 0.2) is 71.6 Å². The number of rotatable bonds is 9. The summed E-state index contributed by atoms with van der Waals surface area (Å²) in [5, 5.41) is 0. The maximum Gasteiger partial charge on any atom is 0.306 e. The number of fused-ring (bicyclic) bond motifs is 1. The van der Waals surface area contributed by atoms with E-state index >= 15 is 0 Å². The molecule has 202 valence electrons. The van der Waals surface area contributed by atoms with Crippen LogP contribution >= 0.6 is 0 Å². The first-order valence-corrected chi connectivity index (χ1v) is 14.7. The summed E-state index contributed by atoms with van der Waals surface area (Å²) in [5.74, 6) is 0.123. The van der Waals surface area contributed by atoms with Gasteiger partial charge in [0.1, 0.15) is 16.7 Å². The van der Waals surface area contributed by atoms with Crippen LogP contribution in [0.2, 0.25) is 0 Å². The van der Waals surface area contributed by atoms with E-state index in [0.29, 0.717) is 12.4 Å². The molecule has 1 aliphatic rings. The predicted molar refractivity (Wildman–Crippen MR) is 149 cm³/mol. The monoisotopic (exact) mass is 535 g/mol. The van der Waals surface area contributed by atoms with E-state index in [-0.39, 0.29) is 42.4 Å². The van der Waals surface area contributed by atoms with Crippen LogP contribution < -0.4 is 4.74 Å². The van der Waals surface area contributed by atoms with E-state index in [9.17, 15) is 13.2 Å². The molecule has 1 heterocycles. The van der Waals surface area contributed by atoms with Gasteiger partial charge in [0.15, 0.2) is 0 Å². The quantitative estimate of drug-likeness (QED) is 0.317. The summed E-state index contributed by atoms with van der Waals surface area (Å²) < 4.78 is 39.9. The number of sulfonamides is 1. The average Bonchev–Trinajstić information content (AvgIpc) is 2.97. The van der Waals surface area contributed by atoms with E-state index in [1.54, 1.807) is 24.3 Å². The van der Waals surface area contributed by atoms with Crippen LogP contribution in [-0.2, 0) is 32.5 Å². The van der Waals surface area contributed by atoms with E-state index in [0.717, 1.165) is 29.5 Å². The molecule has 6 nitrogen and oxygen atoms in total. The number of para-hydroxylation sites is 1. The Morgan fingerprint density at radius 3 is 2.55 bits per heavy atom. The van der Waals surface area contributed by atoms with Crippen molar-refractivity contribution in [2.75, 3.05) is 13.2 Å². The van der Waals surface area contributed by atoms with Crippen LogP contribution in [0, 0.1) is 13.8 Å². The zero-order chi connectivity index (χ0) is 27.3. The Kier molecular flexibility index (Phi) is 8.90. The zero-order valence-electron chi connectivity index (χ0n) is 22.6. The molecular weight excluding hydrogens is 498 g/mol. The molecule has 38 heavy (non-hydrogen) atoms. The predicted octanol–water partition coefficient (Wildman–Crippen LogP) is 5.94. The smallest absolute Gasteiger partial charge is 0.306 e. The van der Waals surface area contributed by atoms with Crippen molar-refractivity contribution in [1.82, 2.24) is 4.31 Å². The first-order chi connectivity index (χ1) is 18.2. The molecule has 0 fully saturated rings. The Labute approximate surface area is 226 Å². The van der Waals surface area contributed by atoms with Crippen molar-refractivity contribution in [3.8, 4) is 5.75 Å². The first kappa shape index (κ1) is 27.9. The number of hydrogen-bond acceptors (Lipinski definition) is 5. The summed E-state index contributed by atoms with van der Waals surface area (Å²) >= 11 is 0. The van der Waals surface area contributed by atoms with Gasteiger partial charge in [-0.3, -0.25) is 4.79 Å². The molecule has 7 heteroatoms. The number of hydrogen-bond donors (Lipinski definition) is 0. The summed E-state index contributed by atoms with van der Waals surface area (Å²) in [6.45, 7) is 8.58. The average molecular weight is 536 g/mol. The second kappa shape index (κ2) is 12.1. The maximum atomic E-state index is 13.6. The SMILES string of the molecule is CCOC(=O)CC(CCc1ccc(C)cc1)c1ccc(C)c(CN2CC(C)Oc3ccccc3S2(=O)=O)c1. The third-order valence-electron chi connectivity index (χ3n) is 7.07. The third kappa shape index (κ3) is 6.63. The minimum Gasteiger partial charge on any atom is -0.488 e. The normalized spacial score (nSPS) is 17.6. The highest BCUT2D eigenvalue weighted by atomic mass is 32.2. The largest absolute Gasteiger partial charge is 0.488 e. The summed E-state index contributed by atoms with van der Waals surface area (Å²) in [4.78, 5) is 12.7. The number of ether oxygens (including phenoxy) is 2.